The molecule has 0 unspecified atom stereocenters. The van der Waals surface area contributed by atoms with Crippen molar-refractivity contribution in [1.82, 2.24) is 0 Å². The average molecular weight is 271 g/mol. The minimum atomic E-state index is 0.323. The molecule has 0 fully saturated rings. The molecule has 0 aliphatic rings. The fourth-order valence-corrected chi connectivity index (χ4v) is 2.55. The molecular formula is C18H25NO. The van der Waals surface area contributed by atoms with Crippen LogP contribution >= 0.6 is 0 Å². The summed E-state index contributed by atoms with van der Waals surface area (Å²) in [6.45, 7) is 5.36. The standard InChI is InChI=1S/C18H25NO/c1-18(2,10-11-19)9-8-14-4-5-16-13-17(20-3)7-6-15(16)12-14/h4-7,12-13H,8-11,19H2,1-3H3. The fourth-order valence-electron chi connectivity index (χ4n) is 2.55. The van der Waals surface area contributed by atoms with Crippen molar-refractivity contribution in [3.05, 3.63) is 42.0 Å². The Morgan fingerprint density at radius 1 is 1.00 bits per heavy atom. The third-order valence-corrected chi connectivity index (χ3v) is 4.02. The summed E-state index contributed by atoms with van der Waals surface area (Å²) >= 11 is 0. The van der Waals surface area contributed by atoms with Gasteiger partial charge in [-0.15, -0.1) is 0 Å². The van der Waals surface area contributed by atoms with Gasteiger partial charge in [0.1, 0.15) is 5.75 Å². The van der Waals surface area contributed by atoms with Crippen LogP contribution in [-0.4, -0.2) is 13.7 Å². The Labute approximate surface area is 121 Å². The van der Waals surface area contributed by atoms with Crippen molar-refractivity contribution in [2.24, 2.45) is 11.1 Å². The summed E-state index contributed by atoms with van der Waals surface area (Å²) in [4.78, 5) is 0. The second kappa shape index (κ2) is 6.27. The Balaban J connectivity index is 2.12. The largest absolute Gasteiger partial charge is 0.497 e. The second-order valence-corrected chi connectivity index (χ2v) is 6.25. The van der Waals surface area contributed by atoms with Crippen molar-refractivity contribution in [3.8, 4) is 5.75 Å². The molecule has 0 amide bonds. The number of aryl methyl sites for hydroxylation is 1. The molecule has 0 atom stereocenters. The summed E-state index contributed by atoms with van der Waals surface area (Å²) in [6.07, 6.45) is 3.36. The van der Waals surface area contributed by atoms with Gasteiger partial charge in [-0.2, -0.15) is 0 Å². The zero-order valence-corrected chi connectivity index (χ0v) is 12.8. The predicted octanol–water partition coefficient (Wildman–Crippen LogP) is 4.16. The molecule has 0 aliphatic heterocycles. The van der Waals surface area contributed by atoms with Crippen LogP contribution in [0.5, 0.6) is 5.75 Å². The van der Waals surface area contributed by atoms with Crippen LogP contribution in [0.1, 0.15) is 32.3 Å². The molecule has 2 N–H and O–H groups in total. The van der Waals surface area contributed by atoms with Crippen LogP contribution in [0.2, 0.25) is 0 Å². The Hall–Kier alpha value is -1.54. The van der Waals surface area contributed by atoms with Gasteiger partial charge in [-0.3, -0.25) is 0 Å². The van der Waals surface area contributed by atoms with E-state index in [0.717, 1.165) is 25.1 Å². The number of methoxy groups -OCH3 is 1. The maximum atomic E-state index is 5.67. The van der Waals surface area contributed by atoms with E-state index in [2.05, 4.69) is 44.2 Å². The smallest absolute Gasteiger partial charge is 0.119 e. The quantitative estimate of drug-likeness (QED) is 0.856. The molecule has 0 heterocycles. The molecule has 0 saturated heterocycles. The third-order valence-electron chi connectivity index (χ3n) is 4.02. The highest BCUT2D eigenvalue weighted by Crippen LogP contribution is 2.28. The third kappa shape index (κ3) is 3.73. The topological polar surface area (TPSA) is 35.2 Å². The SMILES string of the molecule is COc1ccc2cc(CCC(C)(C)CCN)ccc2c1. The van der Waals surface area contributed by atoms with Gasteiger partial charge < -0.3 is 10.5 Å². The van der Waals surface area contributed by atoms with Gasteiger partial charge in [-0.05, 0) is 59.7 Å². The Morgan fingerprint density at radius 2 is 1.70 bits per heavy atom. The van der Waals surface area contributed by atoms with E-state index >= 15 is 0 Å². The number of hydrogen-bond acceptors (Lipinski definition) is 2. The predicted molar refractivity (Wildman–Crippen MR) is 86.3 cm³/mol. The van der Waals surface area contributed by atoms with E-state index in [4.69, 9.17) is 10.5 Å². The lowest BCUT2D eigenvalue weighted by Crippen LogP contribution is -2.17. The molecule has 2 aromatic rings. The van der Waals surface area contributed by atoms with Crippen molar-refractivity contribution in [2.75, 3.05) is 13.7 Å². The molecule has 0 saturated carbocycles. The van der Waals surface area contributed by atoms with Crippen LogP contribution in [0.4, 0.5) is 0 Å². The van der Waals surface area contributed by atoms with E-state index in [0.29, 0.717) is 5.41 Å². The Bertz CT molecular complexity index is 575. The van der Waals surface area contributed by atoms with Crippen LogP contribution in [-0.2, 0) is 6.42 Å². The van der Waals surface area contributed by atoms with E-state index in [1.807, 2.05) is 6.07 Å². The maximum Gasteiger partial charge on any atom is 0.119 e. The van der Waals surface area contributed by atoms with Crippen molar-refractivity contribution in [1.29, 1.82) is 0 Å². The molecule has 2 heteroatoms. The van der Waals surface area contributed by atoms with Gasteiger partial charge in [0, 0.05) is 0 Å². The van der Waals surface area contributed by atoms with E-state index in [1.54, 1.807) is 7.11 Å². The number of rotatable bonds is 6. The van der Waals surface area contributed by atoms with Crippen molar-refractivity contribution >= 4 is 10.8 Å². The van der Waals surface area contributed by atoms with Gasteiger partial charge in [0.05, 0.1) is 7.11 Å². The second-order valence-electron chi connectivity index (χ2n) is 6.25. The fraction of sp³-hybridized carbons (Fsp3) is 0.444. The number of nitrogens with two attached hydrogens (primary N) is 1. The lowest BCUT2D eigenvalue weighted by Gasteiger charge is -2.23. The summed E-state index contributed by atoms with van der Waals surface area (Å²) in [6, 6.07) is 12.9. The highest BCUT2D eigenvalue weighted by molar-refractivity contribution is 5.84. The molecule has 0 aromatic heterocycles. The zero-order valence-electron chi connectivity index (χ0n) is 12.8. The number of benzene rings is 2. The first-order valence-corrected chi connectivity index (χ1v) is 7.31. The van der Waals surface area contributed by atoms with Crippen LogP contribution in [0.15, 0.2) is 36.4 Å². The van der Waals surface area contributed by atoms with Crippen LogP contribution in [0, 0.1) is 5.41 Å². The molecule has 2 aromatic carbocycles. The number of ether oxygens (including phenoxy) is 1. The first-order chi connectivity index (χ1) is 9.54. The van der Waals surface area contributed by atoms with E-state index < -0.39 is 0 Å². The van der Waals surface area contributed by atoms with E-state index in [1.165, 1.54) is 22.8 Å². The number of fused-ring (bicyclic) bond motifs is 1. The molecule has 0 aliphatic carbocycles. The average Bonchev–Trinajstić information content (AvgIpc) is 2.44. The van der Waals surface area contributed by atoms with Gasteiger partial charge in [0.15, 0.2) is 0 Å². The van der Waals surface area contributed by atoms with Crippen LogP contribution in [0.3, 0.4) is 0 Å². The summed E-state index contributed by atoms with van der Waals surface area (Å²) < 4.78 is 5.26. The molecule has 0 bridgehead atoms. The Kier molecular flexibility index (Phi) is 4.66. The monoisotopic (exact) mass is 271 g/mol. The minimum Gasteiger partial charge on any atom is -0.497 e. The lowest BCUT2D eigenvalue weighted by atomic mass is 9.83. The van der Waals surface area contributed by atoms with Crippen LogP contribution in [0.25, 0.3) is 10.8 Å². The van der Waals surface area contributed by atoms with Gasteiger partial charge in [0.25, 0.3) is 0 Å². The van der Waals surface area contributed by atoms with Gasteiger partial charge >= 0.3 is 0 Å². The van der Waals surface area contributed by atoms with Crippen molar-refractivity contribution < 1.29 is 4.74 Å². The van der Waals surface area contributed by atoms with Gasteiger partial charge in [0.2, 0.25) is 0 Å². The summed E-state index contributed by atoms with van der Waals surface area (Å²) in [5.41, 5.74) is 7.39. The molecule has 108 valence electrons. The number of hydrogen-bond donors (Lipinski definition) is 1. The van der Waals surface area contributed by atoms with Gasteiger partial charge in [-0.25, -0.2) is 0 Å². The summed E-state index contributed by atoms with van der Waals surface area (Å²) in [5, 5.41) is 2.51. The molecule has 0 spiro atoms. The van der Waals surface area contributed by atoms with E-state index in [-0.39, 0.29) is 0 Å². The van der Waals surface area contributed by atoms with E-state index in [9.17, 15) is 0 Å². The molecule has 0 radical (unpaired) electrons. The summed E-state index contributed by atoms with van der Waals surface area (Å²) in [7, 11) is 1.70. The Morgan fingerprint density at radius 3 is 2.40 bits per heavy atom. The molecule has 20 heavy (non-hydrogen) atoms. The van der Waals surface area contributed by atoms with Crippen molar-refractivity contribution in [2.45, 2.75) is 33.1 Å². The van der Waals surface area contributed by atoms with Crippen LogP contribution < -0.4 is 10.5 Å². The normalized spacial score (nSPS) is 11.8. The first-order valence-electron chi connectivity index (χ1n) is 7.31. The highest BCUT2D eigenvalue weighted by Gasteiger charge is 2.16. The molecule has 2 rings (SSSR count). The molecule has 2 nitrogen and oxygen atoms in total. The highest BCUT2D eigenvalue weighted by atomic mass is 16.5. The zero-order chi connectivity index (χ0) is 14.6. The lowest BCUT2D eigenvalue weighted by molar-refractivity contribution is 0.313. The minimum absolute atomic E-state index is 0.323. The summed E-state index contributed by atoms with van der Waals surface area (Å²) in [5.74, 6) is 0.911. The maximum absolute atomic E-state index is 5.67. The van der Waals surface area contributed by atoms with Crippen molar-refractivity contribution in [3.63, 3.8) is 0 Å². The van der Waals surface area contributed by atoms with Gasteiger partial charge in [-0.1, -0.05) is 38.1 Å². The molecular weight excluding hydrogens is 246 g/mol. The first kappa shape index (κ1) is 14.9.